The van der Waals surface area contributed by atoms with Gasteiger partial charge in [0, 0.05) is 10.9 Å². The van der Waals surface area contributed by atoms with Crippen molar-refractivity contribution in [1.82, 2.24) is 0 Å². The van der Waals surface area contributed by atoms with Crippen LogP contribution in [0.2, 0.25) is 0 Å². The van der Waals surface area contributed by atoms with Gasteiger partial charge in [-0.1, -0.05) is 6.07 Å². The number of benzene rings is 1. The third-order valence-corrected chi connectivity index (χ3v) is 3.66. The maximum atomic E-state index is 13.7. The van der Waals surface area contributed by atoms with E-state index in [1.807, 2.05) is 17.5 Å². The number of nitro groups is 1. The molecule has 100 valence electrons. The van der Waals surface area contributed by atoms with Crippen LogP contribution in [0, 0.1) is 21.7 Å². The number of thiophene rings is 1. The largest absolute Gasteiger partial charge is 0.370 e. The van der Waals surface area contributed by atoms with Gasteiger partial charge >= 0.3 is 0 Å². The van der Waals surface area contributed by atoms with Crippen LogP contribution in [0.15, 0.2) is 29.6 Å². The van der Waals surface area contributed by atoms with Crippen LogP contribution in [0.3, 0.4) is 0 Å². The molecule has 0 saturated carbocycles. The molecule has 1 aromatic heterocycles. The lowest BCUT2D eigenvalue weighted by molar-refractivity contribution is -0.384. The standard InChI is InChI=1S/C12H10F2N2O2S/c1-7(10-3-2-6-19-10)15-12-9(16(17)18)5-4-8(13)11(12)14/h2-7,15H,1H3. The van der Waals surface area contributed by atoms with Crippen LogP contribution >= 0.6 is 11.3 Å². The molecule has 7 heteroatoms. The van der Waals surface area contributed by atoms with Crippen molar-refractivity contribution < 1.29 is 13.7 Å². The maximum Gasteiger partial charge on any atom is 0.295 e. The van der Waals surface area contributed by atoms with Gasteiger partial charge in [-0.05, 0) is 24.4 Å². The SMILES string of the molecule is CC(Nc1c([N+](=O)[O-])ccc(F)c1F)c1cccs1. The first-order valence-electron chi connectivity index (χ1n) is 5.43. The van der Waals surface area contributed by atoms with Gasteiger partial charge in [0.05, 0.1) is 11.0 Å². The van der Waals surface area contributed by atoms with Gasteiger partial charge in [-0.3, -0.25) is 10.1 Å². The molecule has 1 N–H and O–H groups in total. The molecule has 0 aliphatic rings. The number of nitrogens with one attached hydrogen (secondary N) is 1. The van der Waals surface area contributed by atoms with E-state index in [0.717, 1.165) is 17.0 Å². The molecule has 1 heterocycles. The summed E-state index contributed by atoms with van der Waals surface area (Å²) in [7, 11) is 0. The van der Waals surface area contributed by atoms with Crippen molar-refractivity contribution in [3.8, 4) is 0 Å². The molecule has 0 aliphatic carbocycles. The van der Waals surface area contributed by atoms with E-state index in [9.17, 15) is 18.9 Å². The minimum absolute atomic E-state index is 0.352. The zero-order chi connectivity index (χ0) is 14.0. The van der Waals surface area contributed by atoms with Gasteiger partial charge in [0.2, 0.25) is 0 Å². The van der Waals surface area contributed by atoms with Gasteiger partial charge in [-0.25, -0.2) is 8.78 Å². The van der Waals surface area contributed by atoms with E-state index in [4.69, 9.17) is 0 Å². The van der Waals surface area contributed by atoms with Crippen LogP contribution < -0.4 is 5.32 Å². The summed E-state index contributed by atoms with van der Waals surface area (Å²) < 4.78 is 26.9. The molecule has 0 aliphatic heterocycles. The molecule has 1 aromatic carbocycles. The second-order valence-corrected chi connectivity index (χ2v) is 4.87. The normalized spacial score (nSPS) is 12.2. The molecule has 2 rings (SSSR count). The van der Waals surface area contributed by atoms with Gasteiger partial charge in [0.15, 0.2) is 17.3 Å². The Morgan fingerprint density at radius 2 is 2.11 bits per heavy atom. The second kappa shape index (κ2) is 5.31. The minimum Gasteiger partial charge on any atom is -0.370 e. The average Bonchev–Trinajstić information content (AvgIpc) is 2.88. The molecule has 0 radical (unpaired) electrons. The number of rotatable bonds is 4. The van der Waals surface area contributed by atoms with Crippen molar-refractivity contribution >= 4 is 22.7 Å². The fourth-order valence-corrected chi connectivity index (χ4v) is 2.39. The Hall–Kier alpha value is -2.02. The number of nitrogens with zero attached hydrogens (tertiary/aromatic N) is 1. The number of hydrogen-bond donors (Lipinski definition) is 1. The molecule has 19 heavy (non-hydrogen) atoms. The summed E-state index contributed by atoms with van der Waals surface area (Å²) in [6.07, 6.45) is 0. The van der Waals surface area contributed by atoms with E-state index in [0.29, 0.717) is 0 Å². The van der Waals surface area contributed by atoms with Gasteiger partial charge in [-0.2, -0.15) is 0 Å². The Bertz CT molecular complexity index is 602. The van der Waals surface area contributed by atoms with Crippen molar-refractivity contribution in [3.63, 3.8) is 0 Å². The van der Waals surface area contributed by atoms with Crippen LogP contribution in [0.4, 0.5) is 20.2 Å². The molecule has 0 amide bonds. The lowest BCUT2D eigenvalue weighted by atomic mass is 10.2. The Morgan fingerprint density at radius 1 is 1.37 bits per heavy atom. The molecule has 0 fully saturated rings. The summed E-state index contributed by atoms with van der Waals surface area (Å²) in [4.78, 5) is 11.0. The predicted molar refractivity (Wildman–Crippen MR) is 69.4 cm³/mol. The smallest absolute Gasteiger partial charge is 0.295 e. The summed E-state index contributed by atoms with van der Waals surface area (Å²) in [5, 5.41) is 15.3. The predicted octanol–water partition coefficient (Wildman–Crippen LogP) is 4.11. The monoisotopic (exact) mass is 284 g/mol. The first-order chi connectivity index (χ1) is 9.00. The molecule has 0 bridgehead atoms. The van der Waals surface area contributed by atoms with Crippen molar-refractivity contribution in [1.29, 1.82) is 0 Å². The van der Waals surface area contributed by atoms with E-state index < -0.39 is 27.9 Å². The lowest BCUT2D eigenvalue weighted by Crippen LogP contribution is -2.09. The first kappa shape index (κ1) is 13.4. The molecular formula is C12H10F2N2O2S. The van der Waals surface area contributed by atoms with E-state index in [2.05, 4.69) is 5.32 Å². The molecule has 1 unspecified atom stereocenters. The van der Waals surface area contributed by atoms with Crippen LogP contribution in [0.5, 0.6) is 0 Å². The number of hydrogen-bond acceptors (Lipinski definition) is 4. The van der Waals surface area contributed by atoms with E-state index >= 15 is 0 Å². The number of halogens is 2. The lowest BCUT2D eigenvalue weighted by Gasteiger charge is -2.14. The van der Waals surface area contributed by atoms with Crippen LogP contribution in [-0.2, 0) is 0 Å². The fraction of sp³-hybridized carbons (Fsp3) is 0.167. The summed E-state index contributed by atoms with van der Waals surface area (Å²) in [5.41, 5.74) is -0.909. The molecular weight excluding hydrogens is 274 g/mol. The minimum atomic E-state index is -1.24. The van der Waals surface area contributed by atoms with Crippen LogP contribution in [0.1, 0.15) is 17.8 Å². The van der Waals surface area contributed by atoms with E-state index in [-0.39, 0.29) is 6.04 Å². The van der Waals surface area contributed by atoms with Gasteiger partial charge in [0.1, 0.15) is 0 Å². The van der Waals surface area contributed by atoms with Crippen molar-refractivity contribution in [3.05, 3.63) is 56.3 Å². The Balaban J connectivity index is 2.38. The highest BCUT2D eigenvalue weighted by atomic mass is 32.1. The summed E-state index contributed by atoms with van der Waals surface area (Å²) in [6.45, 7) is 1.72. The van der Waals surface area contributed by atoms with Gasteiger partial charge in [-0.15, -0.1) is 11.3 Å². The zero-order valence-corrected chi connectivity index (χ0v) is 10.7. The van der Waals surface area contributed by atoms with Crippen molar-refractivity contribution in [2.24, 2.45) is 0 Å². The summed E-state index contributed by atoms with van der Waals surface area (Å²) >= 11 is 1.43. The van der Waals surface area contributed by atoms with Crippen molar-refractivity contribution in [2.45, 2.75) is 13.0 Å². The van der Waals surface area contributed by atoms with Gasteiger partial charge in [0.25, 0.3) is 5.69 Å². The maximum absolute atomic E-state index is 13.7. The van der Waals surface area contributed by atoms with Gasteiger partial charge < -0.3 is 5.32 Å². The average molecular weight is 284 g/mol. The van der Waals surface area contributed by atoms with E-state index in [1.165, 1.54) is 11.3 Å². The summed E-state index contributed by atoms with van der Waals surface area (Å²) in [6, 6.07) is 4.96. The topological polar surface area (TPSA) is 55.2 Å². The summed E-state index contributed by atoms with van der Waals surface area (Å²) in [5.74, 6) is -2.36. The quantitative estimate of drug-likeness (QED) is 0.679. The number of nitro benzene ring substituents is 1. The van der Waals surface area contributed by atoms with Crippen LogP contribution in [-0.4, -0.2) is 4.92 Å². The Kier molecular flexibility index (Phi) is 3.75. The Labute approximate surface area is 111 Å². The highest BCUT2D eigenvalue weighted by Gasteiger charge is 2.23. The number of anilines is 1. The molecule has 0 spiro atoms. The fourth-order valence-electron chi connectivity index (χ4n) is 1.66. The molecule has 2 aromatic rings. The third kappa shape index (κ3) is 2.70. The highest BCUT2D eigenvalue weighted by Crippen LogP contribution is 2.33. The highest BCUT2D eigenvalue weighted by molar-refractivity contribution is 7.10. The first-order valence-corrected chi connectivity index (χ1v) is 6.31. The molecule has 0 saturated heterocycles. The third-order valence-electron chi connectivity index (χ3n) is 2.60. The Morgan fingerprint density at radius 3 is 2.68 bits per heavy atom. The van der Waals surface area contributed by atoms with Crippen LogP contribution in [0.25, 0.3) is 0 Å². The second-order valence-electron chi connectivity index (χ2n) is 3.89. The van der Waals surface area contributed by atoms with Crippen molar-refractivity contribution in [2.75, 3.05) is 5.32 Å². The molecule has 1 atom stereocenters. The zero-order valence-electron chi connectivity index (χ0n) is 9.89. The van der Waals surface area contributed by atoms with E-state index in [1.54, 1.807) is 6.92 Å². The molecule has 4 nitrogen and oxygen atoms in total.